The zero-order valence-corrected chi connectivity index (χ0v) is 9.80. The van der Waals surface area contributed by atoms with Crippen LogP contribution < -0.4 is 0 Å². The van der Waals surface area contributed by atoms with Crippen LogP contribution >= 0.6 is 0 Å². The van der Waals surface area contributed by atoms with Crippen molar-refractivity contribution in [1.29, 1.82) is 0 Å². The van der Waals surface area contributed by atoms with Crippen molar-refractivity contribution < 1.29 is 0 Å². The van der Waals surface area contributed by atoms with Gasteiger partial charge in [0.1, 0.15) is 0 Å². The summed E-state index contributed by atoms with van der Waals surface area (Å²) in [5.41, 5.74) is 0. The molecule has 0 rings (SSSR count). The molecule has 0 spiro atoms. The lowest BCUT2D eigenvalue weighted by atomic mass is 9.99. The van der Waals surface area contributed by atoms with Gasteiger partial charge in [0.05, 0.1) is 0 Å². The molecular formula is C14H26. The molecule has 0 aromatic rings. The fourth-order valence-corrected chi connectivity index (χ4v) is 1.71. The normalized spacial score (nSPS) is 12.4. The maximum absolute atomic E-state index is 3.77. The Labute approximate surface area is 90.1 Å². The lowest BCUT2D eigenvalue weighted by Crippen LogP contribution is -1.92. The molecule has 0 amide bonds. The molecule has 0 heterocycles. The van der Waals surface area contributed by atoms with Crippen LogP contribution in [0.1, 0.15) is 58.3 Å². The molecule has 0 fully saturated rings. The number of allylic oxidation sites excluding steroid dienone is 2. The molecule has 0 nitrogen and oxygen atoms in total. The van der Waals surface area contributed by atoms with Gasteiger partial charge in [0.25, 0.3) is 0 Å². The summed E-state index contributed by atoms with van der Waals surface area (Å²) >= 11 is 0. The zero-order valence-electron chi connectivity index (χ0n) is 9.80. The van der Waals surface area contributed by atoms with Crippen molar-refractivity contribution in [3.8, 4) is 0 Å². The maximum Gasteiger partial charge on any atom is -0.0328 e. The van der Waals surface area contributed by atoms with Crippen LogP contribution in [0.25, 0.3) is 0 Å². The van der Waals surface area contributed by atoms with Crippen molar-refractivity contribution in [2.75, 3.05) is 0 Å². The Kier molecular flexibility index (Phi) is 10.2. The maximum atomic E-state index is 3.77. The van der Waals surface area contributed by atoms with Crippen LogP contribution in [0, 0.1) is 5.92 Å². The highest BCUT2D eigenvalue weighted by Gasteiger charge is 1.98. The largest absolute Gasteiger partial charge is 0.103 e. The Morgan fingerprint density at radius 1 is 0.929 bits per heavy atom. The Balaban J connectivity index is 3.04. The van der Waals surface area contributed by atoms with Crippen LogP contribution in [0.5, 0.6) is 0 Å². The number of hydrogen-bond acceptors (Lipinski definition) is 0. The summed E-state index contributed by atoms with van der Waals surface area (Å²) < 4.78 is 0. The predicted octanol–water partition coefficient (Wildman–Crippen LogP) is 5.12. The number of hydrogen-bond donors (Lipinski definition) is 0. The van der Waals surface area contributed by atoms with Crippen LogP contribution in [0.4, 0.5) is 0 Å². The van der Waals surface area contributed by atoms with Crippen LogP contribution in [0.15, 0.2) is 25.3 Å². The first-order valence-corrected chi connectivity index (χ1v) is 6.03. The minimum atomic E-state index is 0.834. The number of unbranched alkanes of at least 4 members (excludes halogenated alkanes) is 5. The van der Waals surface area contributed by atoms with Gasteiger partial charge in [0.15, 0.2) is 0 Å². The Hall–Kier alpha value is -0.520. The lowest BCUT2D eigenvalue weighted by Gasteiger charge is -2.07. The third-order valence-corrected chi connectivity index (χ3v) is 2.67. The summed E-state index contributed by atoms with van der Waals surface area (Å²) in [6.07, 6.45) is 14.7. The molecule has 0 aromatic carbocycles. The van der Waals surface area contributed by atoms with E-state index >= 15 is 0 Å². The molecule has 0 bridgehead atoms. The quantitative estimate of drug-likeness (QED) is 0.334. The molecule has 0 aliphatic heterocycles. The monoisotopic (exact) mass is 194 g/mol. The van der Waals surface area contributed by atoms with Gasteiger partial charge in [0, 0.05) is 0 Å². The molecule has 0 aliphatic rings. The van der Waals surface area contributed by atoms with Gasteiger partial charge in [-0.15, -0.1) is 13.2 Å². The Morgan fingerprint density at radius 3 is 2.21 bits per heavy atom. The van der Waals surface area contributed by atoms with E-state index in [1.165, 1.54) is 51.4 Å². The molecule has 82 valence electrons. The fourth-order valence-electron chi connectivity index (χ4n) is 1.71. The molecule has 0 aromatic heterocycles. The SMILES string of the molecule is C=CCCCCCCCC(C)CC=C. The van der Waals surface area contributed by atoms with Crippen molar-refractivity contribution in [2.24, 2.45) is 5.92 Å². The van der Waals surface area contributed by atoms with Crippen LogP contribution in [0.3, 0.4) is 0 Å². The lowest BCUT2D eigenvalue weighted by molar-refractivity contribution is 0.489. The first kappa shape index (κ1) is 13.5. The summed E-state index contributed by atoms with van der Waals surface area (Å²) in [4.78, 5) is 0. The molecule has 0 saturated carbocycles. The first-order valence-electron chi connectivity index (χ1n) is 6.03. The predicted molar refractivity (Wildman–Crippen MR) is 66.5 cm³/mol. The topological polar surface area (TPSA) is 0 Å². The fraction of sp³-hybridized carbons (Fsp3) is 0.714. The van der Waals surface area contributed by atoms with Crippen molar-refractivity contribution in [2.45, 2.75) is 58.3 Å². The van der Waals surface area contributed by atoms with E-state index in [2.05, 4.69) is 20.1 Å². The molecular weight excluding hydrogens is 168 g/mol. The summed E-state index contributed by atoms with van der Waals surface area (Å²) in [5, 5.41) is 0. The van der Waals surface area contributed by atoms with Crippen molar-refractivity contribution in [3.05, 3.63) is 25.3 Å². The molecule has 1 atom stereocenters. The highest BCUT2D eigenvalue weighted by atomic mass is 14.0. The van der Waals surface area contributed by atoms with Crippen molar-refractivity contribution >= 4 is 0 Å². The minimum Gasteiger partial charge on any atom is -0.103 e. The molecule has 0 heteroatoms. The zero-order chi connectivity index (χ0) is 10.6. The van der Waals surface area contributed by atoms with Gasteiger partial charge >= 0.3 is 0 Å². The minimum absolute atomic E-state index is 0.834. The van der Waals surface area contributed by atoms with Gasteiger partial charge in [-0.2, -0.15) is 0 Å². The van der Waals surface area contributed by atoms with E-state index in [0.717, 1.165) is 5.92 Å². The Morgan fingerprint density at radius 2 is 1.57 bits per heavy atom. The van der Waals surface area contributed by atoms with Gasteiger partial charge in [-0.3, -0.25) is 0 Å². The van der Waals surface area contributed by atoms with Gasteiger partial charge in [-0.1, -0.05) is 51.2 Å². The van der Waals surface area contributed by atoms with Gasteiger partial charge in [-0.05, 0) is 25.2 Å². The summed E-state index contributed by atoms with van der Waals surface area (Å²) in [5.74, 6) is 0.834. The van der Waals surface area contributed by atoms with Crippen molar-refractivity contribution in [3.63, 3.8) is 0 Å². The van der Waals surface area contributed by atoms with Crippen LogP contribution in [0.2, 0.25) is 0 Å². The summed E-state index contributed by atoms with van der Waals surface area (Å²) in [6.45, 7) is 9.82. The van der Waals surface area contributed by atoms with E-state index in [1.54, 1.807) is 0 Å². The Bertz CT molecular complexity index is 135. The average Bonchev–Trinajstić information content (AvgIpc) is 2.17. The van der Waals surface area contributed by atoms with Crippen LogP contribution in [-0.4, -0.2) is 0 Å². The third-order valence-electron chi connectivity index (χ3n) is 2.67. The molecule has 0 aliphatic carbocycles. The highest BCUT2D eigenvalue weighted by Crippen LogP contribution is 2.14. The molecule has 0 N–H and O–H groups in total. The van der Waals surface area contributed by atoms with E-state index < -0.39 is 0 Å². The van der Waals surface area contributed by atoms with E-state index in [9.17, 15) is 0 Å². The first-order chi connectivity index (χ1) is 6.81. The second-order valence-electron chi connectivity index (χ2n) is 4.26. The average molecular weight is 194 g/mol. The van der Waals surface area contributed by atoms with E-state index in [1.807, 2.05) is 12.2 Å². The second kappa shape index (κ2) is 10.6. The highest BCUT2D eigenvalue weighted by molar-refractivity contribution is 4.70. The van der Waals surface area contributed by atoms with Gasteiger partial charge in [-0.25, -0.2) is 0 Å². The summed E-state index contributed by atoms with van der Waals surface area (Å²) in [7, 11) is 0. The smallest absolute Gasteiger partial charge is 0.0328 e. The number of rotatable bonds is 10. The van der Waals surface area contributed by atoms with Gasteiger partial charge in [0.2, 0.25) is 0 Å². The molecule has 0 saturated heterocycles. The molecule has 1 unspecified atom stereocenters. The van der Waals surface area contributed by atoms with E-state index in [0.29, 0.717) is 0 Å². The summed E-state index contributed by atoms with van der Waals surface area (Å²) in [6, 6.07) is 0. The third kappa shape index (κ3) is 9.57. The van der Waals surface area contributed by atoms with E-state index in [-0.39, 0.29) is 0 Å². The second-order valence-corrected chi connectivity index (χ2v) is 4.26. The molecule has 14 heavy (non-hydrogen) atoms. The standard InChI is InChI=1S/C14H26/c1-4-6-7-8-9-10-11-13-14(3)12-5-2/h4-5,14H,1-2,6-13H2,3H3. The van der Waals surface area contributed by atoms with E-state index in [4.69, 9.17) is 0 Å². The molecule has 0 radical (unpaired) electrons. The van der Waals surface area contributed by atoms with Crippen LogP contribution in [-0.2, 0) is 0 Å². The van der Waals surface area contributed by atoms with Crippen molar-refractivity contribution in [1.82, 2.24) is 0 Å². The van der Waals surface area contributed by atoms with Gasteiger partial charge < -0.3 is 0 Å².